The van der Waals surface area contributed by atoms with Gasteiger partial charge in [0.05, 0.1) is 17.2 Å². The summed E-state index contributed by atoms with van der Waals surface area (Å²) >= 11 is 0. The molecule has 92 valence electrons. The molecular weight excluding hydrogens is 216 g/mol. The maximum absolute atomic E-state index is 10.1. The molecule has 1 atom stereocenters. The summed E-state index contributed by atoms with van der Waals surface area (Å²) in [5.74, 6) is 0.600. The molecule has 0 aliphatic heterocycles. The van der Waals surface area contributed by atoms with Crippen LogP contribution in [0.3, 0.4) is 0 Å². The topological polar surface area (TPSA) is 72.2 Å². The molecule has 17 heavy (non-hydrogen) atoms. The Bertz CT molecular complexity index is 409. The first-order valence-corrected chi connectivity index (χ1v) is 5.40. The van der Waals surface area contributed by atoms with Crippen LogP contribution in [0.4, 0.5) is 5.82 Å². The molecule has 0 aliphatic carbocycles. The zero-order valence-electron chi connectivity index (χ0n) is 10.4. The fourth-order valence-electron chi connectivity index (χ4n) is 1.61. The van der Waals surface area contributed by atoms with Crippen LogP contribution in [0.25, 0.3) is 0 Å². The molecule has 0 amide bonds. The normalized spacial score (nSPS) is 14.1. The third kappa shape index (κ3) is 4.81. The second-order valence-corrected chi connectivity index (χ2v) is 4.63. The van der Waals surface area contributed by atoms with Crippen molar-refractivity contribution in [2.75, 3.05) is 32.5 Å². The SMILES string of the molecule is CN(C)CC(C)(O)CNc1cc(C#N)ccn1. The van der Waals surface area contributed by atoms with Gasteiger partial charge < -0.3 is 15.3 Å². The van der Waals surface area contributed by atoms with Crippen LogP contribution in [0.2, 0.25) is 0 Å². The van der Waals surface area contributed by atoms with Crippen molar-refractivity contribution < 1.29 is 5.11 Å². The zero-order chi connectivity index (χ0) is 12.9. The Balaban J connectivity index is 2.58. The smallest absolute Gasteiger partial charge is 0.127 e. The van der Waals surface area contributed by atoms with Crippen LogP contribution in [-0.4, -0.2) is 47.8 Å². The molecule has 1 heterocycles. The van der Waals surface area contributed by atoms with Gasteiger partial charge >= 0.3 is 0 Å². The molecule has 1 unspecified atom stereocenters. The van der Waals surface area contributed by atoms with E-state index in [4.69, 9.17) is 5.26 Å². The van der Waals surface area contributed by atoms with Crippen LogP contribution in [0, 0.1) is 11.3 Å². The lowest BCUT2D eigenvalue weighted by atomic mass is 10.1. The zero-order valence-corrected chi connectivity index (χ0v) is 10.4. The van der Waals surface area contributed by atoms with Crippen LogP contribution >= 0.6 is 0 Å². The third-order valence-electron chi connectivity index (χ3n) is 2.20. The largest absolute Gasteiger partial charge is 0.387 e. The van der Waals surface area contributed by atoms with Crippen LogP contribution in [-0.2, 0) is 0 Å². The highest BCUT2D eigenvalue weighted by atomic mass is 16.3. The minimum atomic E-state index is -0.839. The summed E-state index contributed by atoms with van der Waals surface area (Å²) in [4.78, 5) is 6.00. The number of nitrogens with zero attached hydrogens (tertiary/aromatic N) is 3. The Hall–Kier alpha value is -1.64. The molecule has 0 spiro atoms. The summed E-state index contributed by atoms with van der Waals surface area (Å²) in [5.41, 5.74) is -0.289. The van der Waals surface area contributed by atoms with Gasteiger partial charge in [-0.2, -0.15) is 5.26 Å². The Kier molecular flexibility index (Phi) is 4.44. The van der Waals surface area contributed by atoms with E-state index in [0.717, 1.165) is 0 Å². The quantitative estimate of drug-likeness (QED) is 0.783. The predicted molar refractivity (Wildman–Crippen MR) is 66.6 cm³/mol. The van der Waals surface area contributed by atoms with E-state index in [1.807, 2.05) is 25.1 Å². The Labute approximate surface area is 102 Å². The number of nitriles is 1. The molecule has 0 fully saturated rings. The maximum Gasteiger partial charge on any atom is 0.127 e. The molecule has 5 heteroatoms. The van der Waals surface area contributed by atoms with Gasteiger partial charge in [-0.25, -0.2) is 4.98 Å². The van der Waals surface area contributed by atoms with Gasteiger partial charge in [0.15, 0.2) is 0 Å². The van der Waals surface area contributed by atoms with E-state index in [1.54, 1.807) is 25.3 Å². The highest BCUT2D eigenvalue weighted by Crippen LogP contribution is 2.09. The molecule has 1 aromatic heterocycles. The average molecular weight is 234 g/mol. The molecule has 0 bridgehead atoms. The number of hydrogen-bond acceptors (Lipinski definition) is 5. The lowest BCUT2D eigenvalue weighted by molar-refractivity contribution is 0.0459. The standard InChI is InChI=1S/C12H18N4O/c1-12(17,9-16(2)3)8-15-11-6-10(7-13)4-5-14-11/h4-6,17H,8-9H2,1-3H3,(H,14,15). The van der Waals surface area contributed by atoms with Crippen molar-refractivity contribution in [3.63, 3.8) is 0 Å². The van der Waals surface area contributed by atoms with E-state index in [-0.39, 0.29) is 0 Å². The number of aromatic nitrogens is 1. The van der Waals surface area contributed by atoms with E-state index in [9.17, 15) is 5.11 Å². The molecule has 1 rings (SSSR count). The third-order valence-corrected chi connectivity index (χ3v) is 2.20. The Morgan fingerprint density at radius 1 is 1.59 bits per heavy atom. The molecule has 0 aromatic carbocycles. The number of rotatable bonds is 5. The molecule has 0 saturated carbocycles. The molecule has 0 aliphatic rings. The minimum absolute atomic E-state index is 0.382. The second-order valence-electron chi connectivity index (χ2n) is 4.63. The van der Waals surface area contributed by atoms with Crippen molar-refractivity contribution in [2.24, 2.45) is 0 Å². The molecule has 5 nitrogen and oxygen atoms in total. The van der Waals surface area contributed by atoms with E-state index in [1.165, 1.54) is 0 Å². The van der Waals surface area contributed by atoms with Crippen molar-refractivity contribution in [1.29, 1.82) is 5.26 Å². The van der Waals surface area contributed by atoms with E-state index < -0.39 is 5.60 Å². The predicted octanol–water partition coefficient (Wildman–Crippen LogP) is 0.678. The molecule has 1 aromatic rings. The van der Waals surface area contributed by atoms with Gasteiger partial charge in [-0.15, -0.1) is 0 Å². The van der Waals surface area contributed by atoms with Crippen LogP contribution in [0.15, 0.2) is 18.3 Å². The average Bonchev–Trinajstić information content (AvgIpc) is 2.25. The lowest BCUT2D eigenvalue weighted by Gasteiger charge is -2.27. The first-order valence-electron chi connectivity index (χ1n) is 5.40. The number of hydrogen-bond donors (Lipinski definition) is 2. The van der Waals surface area contributed by atoms with Crippen molar-refractivity contribution in [1.82, 2.24) is 9.88 Å². The van der Waals surface area contributed by atoms with Crippen LogP contribution in [0.5, 0.6) is 0 Å². The van der Waals surface area contributed by atoms with Gasteiger partial charge in [-0.3, -0.25) is 0 Å². The van der Waals surface area contributed by atoms with Crippen molar-refractivity contribution in [3.05, 3.63) is 23.9 Å². The van der Waals surface area contributed by atoms with Gasteiger partial charge in [-0.05, 0) is 33.2 Å². The van der Waals surface area contributed by atoms with Gasteiger partial charge in [-0.1, -0.05) is 0 Å². The summed E-state index contributed by atoms with van der Waals surface area (Å²) in [7, 11) is 3.81. The van der Waals surface area contributed by atoms with Crippen LogP contribution < -0.4 is 5.32 Å². The molecule has 0 radical (unpaired) electrons. The van der Waals surface area contributed by atoms with Crippen molar-refractivity contribution in [2.45, 2.75) is 12.5 Å². The van der Waals surface area contributed by atoms with Gasteiger partial charge in [0.25, 0.3) is 0 Å². The van der Waals surface area contributed by atoms with Crippen molar-refractivity contribution in [3.8, 4) is 6.07 Å². The number of anilines is 1. The monoisotopic (exact) mass is 234 g/mol. The fourth-order valence-corrected chi connectivity index (χ4v) is 1.61. The number of aliphatic hydroxyl groups is 1. The maximum atomic E-state index is 10.1. The van der Waals surface area contributed by atoms with Crippen molar-refractivity contribution >= 4 is 5.82 Å². The molecular formula is C12H18N4O. The highest BCUT2D eigenvalue weighted by molar-refractivity contribution is 5.42. The van der Waals surface area contributed by atoms with Gasteiger partial charge in [0.1, 0.15) is 5.82 Å². The first-order chi connectivity index (χ1) is 7.93. The lowest BCUT2D eigenvalue weighted by Crippen LogP contribution is -2.43. The summed E-state index contributed by atoms with van der Waals surface area (Å²) in [6, 6.07) is 5.35. The summed E-state index contributed by atoms with van der Waals surface area (Å²) < 4.78 is 0. The number of nitrogens with one attached hydrogen (secondary N) is 1. The number of likely N-dealkylation sites (N-methyl/N-ethyl adjacent to an activating group) is 1. The number of pyridine rings is 1. The Morgan fingerprint density at radius 3 is 2.88 bits per heavy atom. The minimum Gasteiger partial charge on any atom is -0.387 e. The van der Waals surface area contributed by atoms with Gasteiger partial charge in [0, 0.05) is 19.3 Å². The highest BCUT2D eigenvalue weighted by Gasteiger charge is 2.21. The van der Waals surface area contributed by atoms with E-state index >= 15 is 0 Å². The van der Waals surface area contributed by atoms with E-state index in [0.29, 0.717) is 24.5 Å². The second kappa shape index (κ2) is 5.62. The molecule has 0 saturated heterocycles. The Morgan fingerprint density at radius 2 is 2.29 bits per heavy atom. The molecule has 2 N–H and O–H groups in total. The van der Waals surface area contributed by atoms with E-state index in [2.05, 4.69) is 10.3 Å². The first kappa shape index (κ1) is 13.4. The fraction of sp³-hybridized carbons (Fsp3) is 0.500. The summed E-state index contributed by atoms with van der Waals surface area (Å²) in [6.45, 7) is 2.69. The van der Waals surface area contributed by atoms with Crippen LogP contribution in [0.1, 0.15) is 12.5 Å². The van der Waals surface area contributed by atoms with Gasteiger partial charge in [0.2, 0.25) is 0 Å². The summed E-state index contributed by atoms with van der Waals surface area (Å²) in [6.07, 6.45) is 1.57. The summed E-state index contributed by atoms with van der Waals surface area (Å²) in [5, 5.41) is 21.8.